The molecule has 2 unspecified atom stereocenters. The number of piperazine rings is 1. The fourth-order valence-corrected chi connectivity index (χ4v) is 7.39. The molecule has 0 saturated carbocycles. The number of fused-ring (bicyclic) bond motifs is 4. The molecule has 4 atom stereocenters. The van der Waals surface area contributed by atoms with Gasteiger partial charge in [0.15, 0.2) is 17.4 Å². The van der Waals surface area contributed by atoms with E-state index in [0.29, 0.717) is 39.0 Å². The lowest BCUT2D eigenvalue weighted by molar-refractivity contribution is 0.0122. The van der Waals surface area contributed by atoms with Crippen LogP contribution in [-0.2, 0) is 4.74 Å². The number of amides is 1. The number of halogens is 4. The number of ether oxygens (including phenoxy) is 3. The number of hydrogen-bond acceptors (Lipinski definition) is 8. The number of alkyl halides is 1. The van der Waals surface area contributed by atoms with Crippen molar-refractivity contribution in [1.29, 1.82) is 0 Å². The molecule has 228 valence electrons. The number of nitrogens with zero attached hydrogens (tertiary/aromatic N) is 5. The van der Waals surface area contributed by atoms with Gasteiger partial charge in [0.1, 0.15) is 29.7 Å². The summed E-state index contributed by atoms with van der Waals surface area (Å²) in [6.45, 7) is 11.3. The lowest BCUT2D eigenvalue weighted by atomic mass is 9.93. The van der Waals surface area contributed by atoms with Crippen LogP contribution in [0.4, 0.5) is 23.8 Å². The standard InChI is InChI=1S/C29H35BrF3N5O4/c1-15-8-29(9-16(31)11-37(29)10-15)14-41-26-34-23-19(24(40-5)22(33)20(30)21(23)32)25(35-26)36-12-17-6-7-18(13-36)38(17)27(39)42-28(2,3)4/h16-18H,1,6-14H2,2-5H3/t16-,17?,18?,29+/m0/s1. The van der Waals surface area contributed by atoms with E-state index in [2.05, 4.69) is 32.5 Å². The van der Waals surface area contributed by atoms with Crippen LogP contribution >= 0.6 is 15.9 Å². The Morgan fingerprint density at radius 1 is 1.14 bits per heavy atom. The molecular formula is C29H35BrF3N5O4. The van der Waals surface area contributed by atoms with Gasteiger partial charge in [-0.25, -0.2) is 18.0 Å². The fourth-order valence-electron chi connectivity index (χ4n) is 7.03. The summed E-state index contributed by atoms with van der Waals surface area (Å²) in [5.74, 6) is -1.77. The molecule has 1 amide bonds. The molecule has 9 nitrogen and oxygen atoms in total. The van der Waals surface area contributed by atoms with Crippen molar-refractivity contribution in [2.75, 3.05) is 44.8 Å². The van der Waals surface area contributed by atoms with Crippen LogP contribution in [0.5, 0.6) is 11.8 Å². The maximum Gasteiger partial charge on any atom is 0.410 e. The first-order chi connectivity index (χ1) is 19.8. The number of anilines is 1. The van der Waals surface area contributed by atoms with Crippen molar-refractivity contribution in [2.24, 2.45) is 0 Å². The molecule has 1 aromatic heterocycles. The van der Waals surface area contributed by atoms with Gasteiger partial charge in [-0.3, -0.25) is 9.80 Å². The van der Waals surface area contributed by atoms with Gasteiger partial charge in [-0.1, -0.05) is 12.2 Å². The van der Waals surface area contributed by atoms with Gasteiger partial charge < -0.3 is 19.1 Å². The second-order valence-corrected chi connectivity index (χ2v) is 13.6. The van der Waals surface area contributed by atoms with Crippen LogP contribution in [0, 0.1) is 11.6 Å². The topological polar surface area (TPSA) is 80.3 Å². The average molecular weight is 655 g/mol. The van der Waals surface area contributed by atoms with E-state index in [0.717, 1.165) is 18.4 Å². The molecule has 42 heavy (non-hydrogen) atoms. The van der Waals surface area contributed by atoms with Gasteiger partial charge in [0.05, 0.1) is 34.6 Å². The van der Waals surface area contributed by atoms with Crippen molar-refractivity contribution in [3.63, 3.8) is 0 Å². The summed E-state index contributed by atoms with van der Waals surface area (Å²) in [6, 6.07) is -0.463. The summed E-state index contributed by atoms with van der Waals surface area (Å²) in [7, 11) is 1.30. The summed E-state index contributed by atoms with van der Waals surface area (Å²) in [6.07, 6.45) is 1.03. The first kappa shape index (κ1) is 29.3. The summed E-state index contributed by atoms with van der Waals surface area (Å²) in [4.78, 5) is 27.8. The Morgan fingerprint density at radius 2 is 1.83 bits per heavy atom. The number of methoxy groups -OCH3 is 1. The first-order valence-corrected chi connectivity index (χ1v) is 15.0. The van der Waals surface area contributed by atoms with Crippen LogP contribution in [0.3, 0.4) is 0 Å². The van der Waals surface area contributed by atoms with Gasteiger partial charge in [0.2, 0.25) is 0 Å². The van der Waals surface area contributed by atoms with E-state index < -0.39 is 33.4 Å². The fraction of sp³-hybridized carbons (Fsp3) is 0.621. The van der Waals surface area contributed by atoms with Gasteiger partial charge >= 0.3 is 12.1 Å². The molecule has 0 spiro atoms. The molecular weight excluding hydrogens is 619 g/mol. The third-order valence-corrected chi connectivity index (χ3v) is 9.33. The predicted molar refractivity (Wildman–Crippen MR) is 154 cm³/mol. The van der Waals surface area contributed by atoms with E-state index in [4.69, 9.17) is 14.2 Å². The zero-order chi connectivity index (χ0) is 30.1. The van der Waals surface area contributed by atoms with Gasteiger partial charge in [-0.2, -0.15) is 9.97 Å². The Hall–Kier alpha value is -2.80. The Balaban J connectivity index is 1.38. The predicted octanol–water partition coefficient (Wildman–Crippen LogP) is 5.39. The summed E-state index contributed by atoms with van der Waals surface area (Å²) >= 11 is 2.99. The lowest BCUT2D eigenvalue weighted by Gasteiger charge is -2.42. The quantitative estimate of drug-likeness (QED) is 0.314. The normalized spacial score (nSPS) is 27.6. The van der Waals surface area contributed by atoms with E-state index in [-0.39, 0.29) is 53.3 Å². The SMILES string of the molecule is C=C1CN2C[C@@H](F)C[C@@]2(COc2nc(N3CC4CCC(C3)N4C(=O)OC(C)(C)C)c3c(OC)c(F)c(Br)c(F)c3n2)C1. The molecule has 1 aromatic carbocycles. The average Bonchev–Trinajstić information content (AvgIpc) is 3.48. The highest BCUT2D eigenvalue weighted by atomic mass is 79.9. The van der Waals surface area contributed by atoms with Crippen LogP contribution < -0.4 is 14.4 Å². The Bertz CT molecular complexity index is 1440. The Morgan fingerprint density at radius 3 is 2.48 bits per heavy atom. The number of rotatable bonds is 5. The molecule has 2 aromatic rings. The minimum absolute atomic E-state index is 0.0758. The van der Waals surface area contributed by atoms with E-state index in [1.165, 1.54) is 7.11 Å². The minimum Gasteiger partial charge on any atom is -0.493 e. The van der Waals surface area contributed by atoms with Crippen LogP contribution in [-0.4, -0.2) is 95.2 Å². The summed E-state index contributed by atoms with van der Waals surface area (Å²) < 4.78 is 62.1. The molecule has 6 rings (SSSR count). The molecule has 4 aliphatic heterocycles. The molecule has 13 heteroatoms. The van der Waals surface area contributed by atoms with E-state index >= 15 is 8.78 Å². The zero-order valence-electron chi connectivity index (χ0n) is 24.2. The molecule has 4 saturated heterocycles. The summed E-state index contributed by atoms with van der Waals surface area (Å²) in [5.41, 5.74) is -0.380. The second-order valence-electron chi connectivity index (χ2n) is 12.8. The highest BCUT2D eigenvalue weighted by Gasteiger charge is 2.51. The maximum absolute atomic E-state index is 15.6. The van der Waals surface area contributed by atoms with Gasteiger partial charge in [0, 0.05) is 32.6 Å². The van der Waals surface area contributed by atoms with Crippen molar-refractivity contribution < 1.29 is 32.2 Å². The number of carbonyl (C=O) groups excluding carboxylic acids is 1. The molecule has 0 radical (unpaired) electrons. The van der Waals surface area contributed by atoms with Crippen LogP contribution in [0.2, 0.25) is 0 Å². The molecule has 4 fully saturated rings. The third-order valence-electron chi connectivity index (χ3n) is 8.63. The third kappa shape index (κ3) is 4.95. The van der Waals surface area contributed by atoms with E-state index in [9.17, 15) is 9.18 Å². The van der Waals surface area contributed by atoms with Crippen molar-refractivity contribution >= 4 is 38.7 Å². The van der Waals surface area contributed by atoms with E-state index in [1.807, 2.05) is 30.6 Å². The number of aromatic nitrogens is 2. The number of carbonyl (C=O) groups is 1. The van der Waals surface area contributed by atoms with E-state index in [1.54, 1.807) is 4.90 Å². The molecule has 0 aliphatic carbocycles. The molecule has 5 heterocycles. The largest absolute Gasteiger partial charge is 0.493 e. The van der Waals surface area contributed by atoms with Gasteiger partial charge in [-0.15, -0.1) is 0 Å². The number of benzene rings is 1. The summed E-state index contributed by atoms with van der Waals surface area (Å²) in [5, 5.41) is 0.0758. The maximum atomic E-state index is 15.6. The van der Waals surface area contributed by atoms with Crippen molar-refractivity contribution in [1.82, 2.24) is 19.8 Å². The Kier molecular flexibility index (Phi) is 7.27. The first-order valence-electron chi connectivity index (χ1n) is 14.2. The molecule has 4 aliphatic rings. The van der Waals surface area contributed by atoms with Crippen molar-refractivity contribution in [2.45, 2.75) is 75.8 Å². The van der Waals surface area contributed by atoms with Gasteiger partial charge in [-0.05, 0) is 56.0 Å². The van der Waals surface area contributed by atoms with Crippen LogP contribution in [0.25, 0.3) is 10.9 Å². The smallest absolute Gasteiger partial charge is 0.410 e. The second kappa shape index (κ2) is 10.4. The van der Waals surface area contributed by atoms with Crippen molar-refractivity contribution in [3.8, 4) is 11.8 Å². The van der Waals surface area contributed by atoms with Crippen molar-refractivity contribution in [3.05, 3.63) is 28.3 Å². The molecule has 0 N–H and O–H groups in total. The monoisotopic (exact) mass is 653 g/mol. The van der Waals surface area contributed by atoms with Crippen LogP contribution in [0.15, 0.2) is 16.6 Å². The Labute approximate surface area is 251 Å². The minimum atomic E-state index is -0.979. The lowest BCUT2D eigenvalue weighted by Crippen LogP contribution is -2.57. The van der Waals surface area contributed by atoms with Crippen LogP contribution in [0.1, 0.15) is 46.5 Å². The molecule has 2 bridgehead atoms. The van der Waals surface area contributed by atoms with Gasteiger partial charge in [0.25, 0.3) is 0 Å². The zero-order valence-corrected chi connectivity index (χ0v) is 25.8. The highest BCUT2D eigenvalue weighted by Crippen LogP contribution is 2.45. The highest BCUT2D eigenvalue weighted by molar-refractivity contribution is 9.10. The number of hydrogen-bond donors (Lipinski definition) is 0.